The van der Waals surface area contributed by atoms with Crippen molar-refractivity contribution in [2.75, 3.05) is 20.1 Å². The topological polar surface area (TPSA) is 41.6 Å². The van der Waals surface area contributed by atoms with Crippen LogP contribution in [0.1, 0.15) is 40.5 Å². The summed E-state index contributed by atoms with van der Waals surface area (Å²) < 4.78 is 5.80. The van der Waals surface area contributed by atoms with Crippen molar-refractivity contribution in [1.29, 1.82) is 0 Å². The van der Waals surface area contributed by atoms with Gasteiger partial charge in [0, 0.05) is 18.6 Å². The SMILES string of the molecule is CNC1(C)CCN(C(=O)C2C(C)OC(C)C2C)CC1. The molecule has 2 aliphatic rings. The number of piperidine rings is 1. The van der Waals surface area contributed by atoms with E-state index in [1.807, 2.05) is 18.9 Å². The molecule has 0 spiro atoms. The van der Waals surface area contributed by atoms with Crippen LogP contribution in [0.15, 0.2) is 0 Å². The predicted molar refractivity (Wildman–Crippen MR) is 75.9 cm³/mol. The molecule has 1 N–H and O–H groups in total. The number of carbonyl (C=O) groups excluding carboxylic acids is 1. The smallest absolute Gasteiger partial charge is 0.228 e. The van der Waals surface area contributed by atoms with Crippen LogP contribution in [0.25, 0.3) is 0 Å². The molecule has 4 heteroatoms. The van der Waals surface area contributed by atoms with Gasteiger partial charge in [0.05, 0.1) is 18.1 Å². The first kappa shape index (κ1) is 14.8. The number of hydrogen-bond donors (Lipinski definition) is 1. The van der Waals surface area contributed by atoms with E-state index in [-0.39, 0.29) is 23.7 Å². The Labute approximate surface area is 116 Å². The van der Waals surface area contributed by atoms with Crippen molar-refractivity contribution < 1.29 is 9.53 Å². The van der Waals surface area contributed by atoms with Crippen LogP contribution in [0.3, 0.4) is 0 Å². The molecule has 0 radical (unpaired) electrons. The Morgan fingerprint density at radius 2 is 1.79 bits per heavy atom. The van der Waals surface area contributed by atoms with Crippen molar-refractivity contribution in [3.05, 3.63) is 0 Å². The fourth-order valence-corrected chi connectivity index (χ4v) is 3.37. The molecular formula is C15H28N2O2. The highest BCUT2D eigenvalue weighted by atomic mass is 16.5. The minimum atomic E-state index is 0.0361. The average Bonchev–Trinajstić information content (AvgIpc) is 2.63. The van der Waals surface area contributed by atoms with Crippen LogP contribution in [0.2, 0.25) is 0 Å². The van der Waals surface area contributed by atoms with Gasteiger partial charge in [0.1, 0.15) is 0 Å². The third-order valence-corrected chi connectivity index (χ3v) is 5.31. The second kappa shape index (κ2) is 5.41. The van der Waals surface area contributed by atoms with Gasteiger partial charge in [-0.1, -0.05) is 6.92 Å². The van der Waals surface area contributed by atoms with Gasteiger partial charge in [0.25, 0.3) is 0 Å². The van der Waals surface area contributed by atoms with E-state index in [0.29, 0.717) is 11.8 Å². The van der Waals surface area contributed by atoms with E-state index in [1.165, 1.54) is 0 Å². The minimum absolute atomic E-state index is 0.0361. The maximum absolute atomic E-state index is 12.7. The molecular weight excluding hydrogens is 240 g/mol. The summed E-state index contributed by atoms with van der Waals surface area (Å²) in [5.41, 5.74) is 0.188. The Kier molecular flexibility index (Phi) is 4.21. The summed E-state index contributed by atoms with van der Waals surface area (Å²) in [6.07, 6.45) is 2.30. The molecule has 1 amide bonds. The van der Waals surface area contributed by atoms with E-state index in [1.54, 1.807) is 0 Å². The number of rotatable bonds is 2. The van der Waals surface area contributed by atoms with Crippen molar-refractivity contribution in [3.63, 3.8) is 0 Å². The lowest BCUT2D eigenvalue weighted by Crippen LogP contribution is -2.53. The molecule has 4 unspecified atom stereocenters. The summed E-state index contributed by atoms with van der Waals surface area (Å²) in [6, 6.07) is 0. The molecule has 0 saturated carbocycles. The molecule has 0 bridgehead atoms. The Bertz CT molecular complexity index is 337. The van der Waals surface area contributed by atoms with Gasteiger partial charge in [0.15, 0.2) is 0 Å². The fraction of sp³-hybridized carbons (Fsp3) is 0.933. The lowest BCUT2D eigenvalue weighted by molar-refractivity contribution is -0.139. The van der Waals surface area contributed by atoms with Gasteiger partial charge in [-0.25, -0.2) is 0 Å². The zero-order chi connectivity index (χ0) is 14.2. The van der Waals surface area contributed by atoms with E-state index in [4.69, 9.17) is 4.74 Å². The van der Waals surface area contributed by atoms with Gasteiger partial charge < -0.3 is 15.0 Å². The molecule has 0 aromatic carbocycles. The maximum Gasteiger partial charge on any atom is 0.228 e. The molecule has 4 nitrogen and oxygen atoms in total. The maximum atomic E-state index is 12.7. The summed E-state index contributed by atoms with van der Waals surface area (Å²) in [5.74, 6) is 0.650. The van der Waals surface area contributed by atoms with Crippen LogP contribution in [-0.4, -0.2) is 48.7 Å². The molecule has 2 aliphatic heterocycles. The van der Waals surface area contributed by atoms with Gasteiger partial charge in [-0.3, -0.25) is 4.79 Å². The summed E-state index contributed by atoms with van der Waals surface area (Å²) in [6.45, 7) is 10.2. The summed E-state index contributed by atoms with van der Waals surface area (Å²) in [4.78, 5) is 14.7. The number of likely N-dealkylation sites (tertiary alicyclic amines) is 1. The van der Waals surface area contributed by atoms with Crippen molar-refractivity contribution in [3.8, 4) is 0 Å². The van der Waals surface area contributed by atoms with Crippen LogP contribution in [0, 0.1) is 11.8 Å². The largest absolute Gasteiger partial charge is 0.374 e. The van der Waals surface area contributed by atoms with E-state index in [9.17, 15) is 4.79 Å². The molecule has 4 atom stereocenters. The Balaban J connectivity index is 1.98. The number of carbonyl (C=O) groups is 1. The van der Waals surface area contributed by atoms with E-state index in [0.717, 1.165) is 25.9 Å². The van der Waals surface area contributed by atoms with E-state index in [2.05, 4.69) is 26.1 Å². The van der Waals surface area contributed by atoms with Gasteiger partial charge in [0.2, 0.25) is 5.91 Å². The summed E-state index contributed by atoms with van der Waals surface area (Å²) >= 11 is 0. The minimum Gasteiger partial charge on any atom is -0.374 e. The molecule has 0 aromatic heterocycles. The molecule has 110 valence electrons. The van der Waals surface area contributed by atoms with Crippen LogP contribution < -0.4 is 5.32 Å². The quantitative estimate of drug-likeness (QED) is 0.828. The van der Waals surface area contributed by atoms with Crippen LogP contribution in [0.4, 0.5) is 0 Å². The van der Waals surface area contributed by atoms with Crippen LogP contribution in [0.5, 0.6) is 0 Å². The highest BCUT2D eigenvalue weighted by Crippen LogP contribution is 2.34. The standard InChI is InChI=1S/C15H28N2O2/c1-10-11(2)19-12(3)13(10)14(18)17-8-6-15(4,16-5)7-9-17/h10-13,16H,6-9H2,1-5H3. The third kappa shape index (κ3) is 2.79. The lowest BCUT2D eigenvalue weighted by Gasteiger charge is -2.40. The highest BCUT2D eigenvalue weighted by molar-refractivity contribution is 5.80. The van der Waals surface area contributed by atoms with Crippen LogP contribution in [-0.2, 0) is 9.53 Å². The van der Waals surface area contributed by atoms with Crippen molar-refractivity contribution >= 4 is 5.91 Å². The number of amides is 1. The molecule has 2 saturated heterocycles. The summed E-state index contributed by atoms with van der Waals surface area (Å²) in [5, 5.41) is 3.37. The van der Waals surface area contributed by atoms with Crippen molar-refractivity contribution in [1.82, 2.24) is 10.2 Å². The first-order valence-electron chi connectivity index (χ1n) is 7.51. The van der Waals surface area contributed by atoms with Gasteiger partial charge in [-0.05, 0) is 46.6 Å². The molecule has 2 rings (SSSR count). The summed E-state index contributed by atoms with van der Waals surface area (Å²) in [7, 11) is 2.01. The zero-order valence-electron chi connectivity index (χ0n) is 12.9. The highest BCUT2D eigenvalue weighted by Gasteiger charge is 2.44. The molecule has 2 fully saturated rings. The first-order valence-corrected chi connectivity index (χ1v) is 7.51. The van der Waals surface area contributed by atoms with E-state index >= 15 is 0 Å². The fourth-order valence-electron chi connectivity index (χ4n) is 3.37. The second-order valence-electron chi connectivity index (χ2n) is 6.57. The average molecular weight is 268 g/mol. The van der Waals surface area contributed by atoms with E-state index < -0.39 is 0 Å². The third-order valence-electron chi connectivity index (χ3n) is 5.31. The van der Waals surface area contributed by atoms with Gasteiger partial charge in [-0.2, -0.15) is 0 Å². The monoisotopic (exact) mass is 268 g/mol. The molecule has 19 heavy (non-hydrogen) atoms. The number of nitrogens with one attached hydrogen (secondary N) is 1. The Morgan fingerprint density at radius 3 is 2.21 bits per heavy atom. The Hall–Kier alpha value is -0.610. The molecule has 2 heterocycles. The predicted octanol–water partition coefficient (Wildman–Crippen LogP) is 1.65. The van der Waals surface area contributed by atoms with Crippen molar-refractivity contribution in [2.24, 2.45) is 11.8 Å². The first-order chi connectivity index (χ1) is 8.88. The molecule has 0 aromatic rings. The second-order valence-corrected chi connectivity index (χ2v) is 6.57. The number of ether oxygens (including phenoxy) is 1. The Morgan fingerprint density at radius 1 is 1.21 bits per heavy atom. The van der Waals surface area contributed by atoms with Crippen LogP contribution >= 0.6 is 0 Å². The number of hydrogen-bond acceptors (Lipinski definition) is 3. The molecule has 0 aliphatic carbocycles. The normalized spacial score (nSPS) is 38.5. The van der Waals surface area contributed by atoms with Gasteiger partial charge >= 0.3 is 0 Å². The van der Waals surface area contributed by atoms with Crippen molar-refractivity contribution in [2.45, 2.75) is 58.3 Å². The number of nitrogens with zero attached hydrogens (tertiary/aromatic N) is 1. The van der Waals surface area contributed by atoms with Gasteiger partial charge in [-0.15, -0.1) is 0 Å². The zero-order valence-corrected chi connectivity index (χ0v) is 12.9. The lowest BCUT2D eigenvalue weighted by atomic mass is 9.85.